The molecule has 0 aliphatic carbocycles. The van der Waals surface area contributed by atoms with Gasteiger partial charge in [-0.05, 0) is 48.5 Å². The Morgan fingerprint density at radius 3 is 2.21 bits per heavy atom. The first-order valence-electron chi connectivity index (χ1n) is 8.75. The van der Waals surface area contributed by atoms with Gasteiger partial charge in [-0.25, -0.2) is 8.42 Å². The number of hydrogen-bond acceptors (Lipinski definition) is 5. The van der Waals surface area contributed by atoms with E-state index >= 15 is 0 Å². The van der Waals surface area contributed by atoms with Crippen LogP contribution < -0.4 is 19.1 Å². The number of hydrogen-bond donors (Lipinski definition) is 1. The van der Waals surface area contributed by atoms with Crippen LogP contribution in [0.4, 0.5) is 11.4 Å². The van der Waals surface area contributed by atoms with Crippen molar-refractivity contribution in [1.29, 1.82) is 0 Å². The summed E-state index contributed by atoms with van der Waals surface area (Å²) in [7, 11) is 0.295. The monoisotopic (exact) mass is 396 g/mol. The molecule has 144 valence electrons. The van der Waals surface area contributed by atoms with Crippen LogP contribution in [-0.4, -0.2) is 22.5 Å². The van der Waals surface area contributed by atoms with E-state index in [2.05, 4.69) is 4.72 Å². The molecule has 3 aromatic carbocycles. The van der Waals surface area contributed by atoms with Gasteiger partial charge in [-0.3, -0.25) is 4.72 Å². The Bertz CT molecular complexity index is 1080. The van der Waals surface area contributed by atoms with E-state index in [1.807, 2.05) is 43.3 Å². The van der Waals surface area contributed by atoms with Crippen LogP contribution in [-0.2, 0) is 10.0 Å². The van der Waals surface area contributed by atoms with Gasteiger partial charge in [0, 0.05) is 31.4 Å². The van der Waals surface area contributed by atoms with Gasteiger partial charge in [0.15, 0.2) is 11.5 Å². The second-order valence-corrected chi connectivity index (χ2v) is 8.32. The summed E-state index contributed by atoms with van der Waals surface area (Å²) in [6.45, 7) is 0. The molecule has 1 unspecified atom stereocenters. The Hall–Kier alpha value is -3.19. The number of sulfonamides is 1. The fraction of sp³-hybridized carbons (Fsp3) is 0.143. The van der Waals surface area contributed by atoms with Crippen LogP contribution in [0.1, 0.15) is 11.9 Å². The van der Waals surface area contributed by atoms with E-state index in [9.17, 15) is 8.42 Å². The van der Waals surface area contributed by atoms with E-state index in [0.29, 0.717) is 17.2 Å². The molecule has 1 heterocycles. The maximum Gasteiger partial charge on any atom is 0.267 e. The van der Waals surface area contributed by atoms with Crippen molar-refractivity contribution >= 4 is 21.4 Å². The molecule has 7 heteroatoms. The molecule has 0 radical (unpaired) electrons. The van der Waals surface area contributed by atoms with Gasteiger partial charge in [-0.2, -0.15) is 0 Å². The highest BCUT2D eigenvalue weighted by Gasteiger charge is 2.26. The number of fused-ring (bicyclic) bond motifs is 1. The second kappa shape index (κ2) is 7.09. The smallest absolute Gasteiger partial charge is 0.267 e. The highest BCUT2D eigenvalue weighted by Crippen LogP contribution is 2.42. The van der Waals surface area contributed by atoms with Gasteiger partial charge in [-0.15, -0.1) is 0 Å². The van der Waals surface area contributed by atoms with Gasteiger partial charge in [0.2, 0.25) is 0 Å². The van der Waals surface area contributed by atoms with Crippen molar-refractivity contribution < 1.29 is 17.9 Å². The predicted octanol–water partition coefficient (Wildman–Crippen LogP) is 4.02. The Morgan fingerprint density at radius 1 is 0.857 bits per heavy atom. The van der Waals surface area contributed by atoms with Crippen molar-refractivity contribution in [3.8, 4) is 11.5 Å². The fourth-order valence-corrected chi connectivity index (χ4v) is 3.97. The molecule has 4 rings (SSSR count). The minimum atomic E-state index is -3.66. The zero-order valence-electron chi connectivity index (χ0n) is 15.5. The Kier molecular flexibility index (Phi) is 4.60. The quantitative estimate of drug-likeness (QED) is 0.705. The molecular weight excluding hydrogens is 376 g/mol. The van der Waals surface area contributed by atoms with Crippen LogP contribution in [0.5, 0.6) is 11.5 Å². The number of nitrogens with one attached hydrogen (secondary N) is 1. The molecule has 0 bridgehead atoms. The largest absolute Gasteiger partial charge is 0.447 e. The highest BCUT2D eigenvalue weighted by molar-refractivity contribution is 7.92. The van der Waals surface area contributed by atoms with Gasteiger partial charge >= 0.3 is 0 Å². The first-order chi connectivity index (χ1) is 13.4. The molecular formula is C21H20N2O4S. The molecule has 0 saturated carbocycles. The van der Waals surface area contributed by atoms with E-state index < -0.39 is 16.3 Å². The third kappa shape index (κ3) is 3.61. The lowest BCUT2D eigenvalue weighted by molar-refractivity contribution is 0.0487. The van der Waals surface area contributed by atoms with Gasteiger partial charge in [0.05, 0.1) is 10.6 Å². The molecule has 0 fully saturated rings. The molecule has 1 aliphatic heterocycles. The van der Waals surface area contributed by atoms with Crippen LogP contribution in [0, 0.1) is 0 Å². The summed E-state index contributed by atoms with van der Waals surface area (Å²) in [5.41, 5.74) is 2.37. The van der Waals surface area contributed by atoms with Gasteiger partial charge in [0.1, 0.15) is 0 Å². The van der Waals surface area contributed by atoms with E-state index in [1.54, 1.807) is 48.5 Å². The van der Waals surface area contributed by atoms with Crippen molar-refractivity contribution in [2.75, 3.05) is 23.7 Å². The van der Waals surface area contributed by atoms with Crippen LogP contribution in [0.15, 0.2) is 77.7 Å². The molecule has 1 aliphatic rings. The lowest BCUT2D eigenvalue weighted by atomic mass is 10.2. The lowest BCUT2D eigenvalue weighted by Gasteiger charge is -2.15. The van der Waals surface area contributed by atoms with Gasteiger partial charge in [0.25, 0.3) is 16.3 Å². The lowest BCUT2D eigenvalue weighted by Crippen LogP contribution is -2.12. The number of ether oxygens (including phenoxy) is 2. The molecule has 28 heavy (non-hydrogen) atoms. The van der Waals surface area contributed by atoms with E-state index in [1.165, 1.54) is 0 Å². The molecule has 1 atom stereocenters. The molecule has 0 saturated heterocycles. The molecule has 3 aromatic rings. The van der Waals surface area contributed by atoms with Crippen molar-refractivity contribution in [3.63, 3.8) is 0 Å². The maximum absolute atomic E-state index is 12.5. The standard InChI is InChI=1S/C21H20N2O4S/c1-23(2)17-11-8-15(9-12-17)21-26-19-13-10-16(14-20(19)27-21)22-28(24,25)18-6-4-3-5-7-18/h3-14,21-22H,1-2H3. The first kappa shape index (κ1) is 18.2. The van der Waals surface area contributed by atoms with E-state index in [-0.39, 0.29) is 4.90 Å². The van der Waals surface area contributed by atoms with Crippen LogP contribution in [0.2, 0.25) is 0 Å². The Morgan fingerprint density at radius 2 is 1.54 bits per heavy atom. The number of rotatable bonds is 5. The second-order valence-electron chi connectivity index (χ2n) is 6.63. The zero-order chi connectivity index (χ0) is 19.7. The maximum atomic E-state index is 12.5. The normalized spacial score (nSPS) is 15.3. The third-order valence-electron chi connectivity index (χ3n) is 4.40. The SMILES string of the molecule is CN(C)c1ccc(C2Oc3ccc(NS(=O)(=O)c4ccccc4)cc3O2)cc1. The number of anilines is 2. The van der Waals surface area contributed by atoms with Crippen LogP contribution in [0.3, 0.4) is 0 Å². The average Bonchev–Trinajstić information content (AvgIpc) is 3.12. The summed E-state index contributed by atoms with van der Waals surface area (Å²) in [5.74, 6) is 1.07. The highest BCUT2D eigenvalue weighted by atomic mass is 32.2. The van der Waals surface area contributed by atoms with Gasteiger partial charge < -0.3 is 14.4 Å². The fourth-order valence-electron chi connectivity index (χ4n) is 2.90. The van der Waals surface area contributed by atoms with Gasteiger partial charge in [-0.1, -0.05) is 18.2 Å². The number of nitrogens with zero attached hydrogens (tertiary/aromatic N) is 1. The van der Waals surface area contributed by atoms with Crippen molar-refractivity contribution in [2.45, 2.75) is 11.2 Å². The molecule has 1 N–H and O–H groups in total. The minimum absolute atomic E-state index is 0.200. The summed E-state index contributed by atoms with van der Waals surface area (Å²) < 4.78 is 39.3. The molecule has 0 spiro atoms. The van der Waals surface area contributed by atoms with Crippen LogP contribution >= 0.6 is 0 Å². The third-order valence-corrected chi connectivity index (χ3v) is 5.80. The molecule has 6 nitrogen and oxygen atoms in total. The number of benzene rings is 3. The molecule has 0 amide bonds. The minimum Gasteiger partial charge on any atom is -0.447 e. The summed E-state index contributed by atoms with van der Waals surface area (Å²) in [5, 5.41) is 0. The topological polar surface area (TPSA) is 67.9 Å². The van der Waals surface area contributed by atoms with Crippen LogP contribution in [0.25, 0.3) is 0 Å². The zero-order valence-corrected chi connectivity index (χ0v) is 16.3. The van der Waals surface area contributed by atoms with Crippen molar-refractivity contribution in [2.24, 2.45) is 0 Å². The van der Waals surface area contributed by atoms with Crippen molar-refractivity contribution in [1.82, 2.24) is 0 Å². The first-order valence-corrected chi connectivity index (χ1v) is 10.2. The van der Waals surface area contributed by atoms with E-state index in [4.69, 9.17) is 9.47 Å². The summed E-state index contributed by atoms with van der Waals surface area (Å²) in [6.07, 6.45) is -0.563. The molecule has 0 aromatic heterocycles. The van der Waals surface area contributed by atoms with E-state index in [0.717, 1.165) is 11.3 Å². The Balaban J connectivity index is 1.52. The summed E-state index contributed by atoms with van der Waals surface area (Å²) in [4.78, 5) is 2.21. The average molecular weight is 396 g/mol. The summed E-state index contributed by atoms with van der Waals surface area (Å²) in [6, 6.07) is 21.1. The Labute approximate surface area is 164 Å². The van der Waals surface area contributed by atoms with Crippen molar-refractivity contribution in [3.05, 3.63) is 78.4 Å². The predicted molar refractivity (Wildman–Crippen MR) is 108 cm³/mol. The summed E-state index contributed by atoms with van der Waals surface area (Å²) >= 11 is 0.